The van der Waals surface area contributed by atoms with Gasteiger partial charge in [0.15, 0.2) is 0 Å². The first-order valence-corrected chi connectivity index (χ1v) is 15.5. The van der Waals surface area contributed by atoms with Crippen molar-refractivity contribution >= 4 is 78.7 Å². The average Bonchev–Trinajstić information content (AvgIpc) is 2.81. The average molecular weight is 640 g/mol. The Labute approximate surface area is 242 Å². The summed E-state index contributed by atoms with van der Waals surface area (Å²) < 4.78 is 64.6. The first kappa shape index (κ1) is 34.6. The number of anilines is 2. The minimum absolute atomic E-state index is 0.172. The molecule has 0 atom stereocenters. The van der Waals surface area contributed by atoms with Crippen LogP contribution in [0.4, 0.5) is 11.4 Å². The lowest BCUT2D eigenvalue weighted by Gasteiger charge is -2.11. The van der Waals surface area contributed by atoms with E-state index in [2.05, 4.69) is 9.44 Å². The highest BCUT2D eigenvalue weighted by atomic mass is 35.5. The first-order valence-electron chi connectivity index (χ1n) is 11.0. The van der Waals surface area contributed by atoms with E-state index in [1.807, 2.05) is 0 Å². The third-order valence-corrected chi connectivity index (χ3v) is 6.10. The smallest absolute Gasteiger partial charge is 0.330 e. The minimum Gasteiger partial charge on any atom is -0.495 e. The zero-order valence-electron chi connectivity index (χ0n) is 22.0. The van der Waals surface area contributed by atoms with Crippen LogP contribution >= 0.6 is 23.2 Å². The Bertz CT molecular complexity index is 1510. The molecule has 0 aromatic heterocycles. The maximum Gasteiger partial charge on any atom is 0.330 e. The number of aliphatic carboxylic acids is 1. The highest BCUT2D eigenvalue weighted by Gasteiger charge is 2.12. The van der Waals surface area contributed by atoms with Crippen LogP contribution in [0.25, 0.3) is 12.2 Å². The number of benzene rings is 2. The van der Waals surface area contributed by atoms with Gasteiger partial charge in [-0.05, 0) is 43.3 Å². The lowest BCUT2D eigenvalue weighted by molar-refractivity contribution is -0.137. The lowest BCUT2D eigenvalue weighted by atomic mass is 10.1. The van der Waals surface area contributed by atoms with Gasteiger partial charge in [0.25, 0.3) is 0 Å². The Morgan fingerprint density at radius 2 is 1.23 bits per heavy atom. The molecule has 2 aromatic carbocycles. The van der Waals surface area contributed by atoms with Crippen molar-refractivity contribution in [3.05, 3.63) is 57.6 Å². The predicted molar refractivity (Wildman–Crippen MR) is 155 cm³/mol. The highest BCUT2D eigenvalue weighted by Crippen LogP contribution is 2.33. The number of esters is 1. The molecule has 0 bridgehead atoms. The van der Waals surface area contributed by atoms with Crippen molar-refractivity contribution in [3.8, 4) is 11.5 Å². The van der Waals surface area contributed by atoms with Crippen molar-refractivity contribution in [1.29, 1.82) is 0 Å². The Morgan fingerprint density at radius 3 is 1.55 bits per heavy atom. The van der Waals surface area contributed by atoms with Gasteiger partial charge < -0.3 is 19.3 Å². The summed E-state index contributed by atoms with van der Waals surface area (Å²) in [6.45, 7) is 1.94. The van der Waals surface area contributed by atoms with E-state index in [1.165, 1.54) is 56.7 Å². The molecule has 0 heterocycles. The van der Waals surface area contributed by atoms with E-state index in [1.54, 1.807) is 6.92 Å². The molecule has 12 nitrogen and oxygen atoms in total. The second-order valence-electron chi connectivity index (χ2n) is 7.65. The van der Waals surface area contributed by atoms with Crippen molar-refractivity contribution in [2.24, 2.45) is 0 Å². The van der Waals surface area contributed by atoms with Gasteiger partial charge in [0.1, 0.15) is 11.5 Å². The number of ether oxygens (including phenoxy) is 3. The number of nitrogens with one attached hydrogen (secondary N) is 2. The van der Waals surface area contributed by atoms with E-state index in [4.69, 9.17) is 42.5 Å². The molecule has 16 heteroatoms. The third kappa shape index (κ3) is 12.6. The van der Waals surface area contributed by atoms with Gasteiger partial charge >= 0.3 is 11.9 Å². The molecule has 40 heavy (non-hydrogen) atoms. The fourth-order valence-electron chi connectivity index (χ4n) is 2.81. The van der Waals surface area contributed by atoms with Gasteiger partial charge in [-0.25, -0.2) is 26.4 Å². The van der Waals surface area contributed by atoms with Gasteiger partial charge in [-0.1, -0.05) is 23.2 Å². The number of carboxylic acids is 1. The van der Waals surface area contributed by atoms with Gasteiger partial charge in [-0.3, -0.25) is 9.44 Å². The van der Waals surface area contributed by atoms with Gasteiger partial charge in [0.05, 0.1) is 54.8 Å². The number of carbonyl (C=O) groups excluding carboxylic acids is 1. The number of rotatable bonds is 11. The van der Waals surface area contributed by atoms with E-state index in [0.29, 0.717) is 22.6 Å². The monoisotopic (exact) mass is 638 g/mol. The summed E-state index contributed by atoms with van der Waals surface area (Å²) in [7, 11) is -4.16. The molecule has 220 valence electrons. The number of hydrogen-bond donors (Lipinski definition) is 3. The molecule has 0 radical (unpaired) electrons. The van der Waals surface area contributed by atoms with Gasteiger partial charge in [0.2, 0.25) is 20.0 Å². The zero-order valence-corrected chi connectivity index (χ0v) is 25.2. The van der Waals surface area contributed by atoms with Gasteiger partial charge in [-0.2, -0.15) is 0 Å². The number of hydrogen-bond acceptors (Lipinski definition) is 9. The van der Waals surface area contributed by atoms with Crippen LogP contribution in [0.15, 0.2) is 36.4 Å². The molecule has 0 saturated heterocycles. The molecule has 0 fully saturated rings. The fraction of sp³-hybridized carbons (Fsp3) is 0.250. The molecule has 0 aliphatic carbocycles. The summed E-state index contributed by atoms with van der Waals surface area (Å²) in [5, 5.41) is 9.05. The van der Waals surface area contributed by atoms with Crippen LogP contribution in [0.5, 0.6) is 11.5 Å². The molecule has 2 aromatic rings. The van der Waals surface area contributed by atoms with Crippen molar-refractivity contribution in [2.45, 2.75) is 6.92 Å². The number of sulfonamides is 2. The first-order chi connectivity index (χ1) is 18.5. The topological polar surface area (TPSA) is 174 Å². The fourth-order valence-corrected chi connectivity index (χ4v) is 4.45. The standard InChI is InChI=1S/C13H16ClNO5S.C11H12ClNO5S/c1-4-20-13(16)6-5-9-7-12(19-2)10(14)8-11(9)15-21(3,17)18;1-18-10-5-7(3-4-11(14)15)9(6-8(10)12)13-19(2,16)17/h5-8,15H,4H2,1-3H3;3-6,13H,1-2H3,(H,14,15)/b6-5+;4-3+. The van der Waals surface area contributed by atoms with Crippen molar-refractivity contribution in [2.75, 3.05) is 42.8 Å². The predicted octanol–water partition coefficient (Wildman–Crippen LogP) is 4.11. The van der Waals surface area contributed by atoms with Crippen LogP contribution in [-0.4, -0.2) is 67.2 Å². The van der Waals surface area contributed by atoms with E-state index in [9.17, 15) is 26.4 Å². The SMILES string of the molecule is CCOC(=O)/C=C/c1cc(OC)c(Cl)cc1NS(C)(=O)=O.COc1cc(/C=C/C(=O)O)c(NS(C)(=O)=O)cc1Cl. The van der Waals surface area contributed by atoms with Crippen LogP contribution in [0.2, 0.25) is 10.0 Å². The van der Waals surface area contributed by atoms with Crippen LogP contribution in [0.3, 0.4) is 0 Å². The highest BCUT2D eigenvalue weighted by molar-refractivity contribution is 7.92. The summed E-state index contributed by atoms with van der Waals surface area (Å²) in [6, 6.07) is 5.72. The van der Waals surface area contributed by atoms with Gasteiger partial charge in [-0.15, -0.1) is 0 Å². The Hall–Kier alpha value is -3.46. The molecule has 2 rings (SSSR count). The molecular weight excluding hydrogens is 611 g/mol. The molecule has 0 saturated carbocycles. The summed E-state index contributed by atoms with van der Waals surface area (Å²) >= 11 is 11.9. The number of carboxylic acid groups (broad SMARTS) is 1. The van der Waals surface area contributed by atoms with Gasteiger partial charge in [0, 0.05) is 23.3 Å². The van der Waals surface area contributed by atoms with Crippen molar-refractivity contribution in [3.63, 3.8) is 0 Å². The quantitative estimate of drug-likeness (QED) is 0.240. The minimum atomic E-state index is -3.51. The third-order valence-electron chi connectivity index (χ3n) is 4.33. The molecule has 0 amide bonds. The number of halogens is 2. The normalized spacial score (nSPS) is 11.5. The summed E-state index contributed by atoms with van der Waals surface area (Å²) in [5.41, 5.74) is 1.17. The molecule has 0 unspecified atom stereocenters. The van der Waals surface area contributed by atoms with Crippen molar-refractivity contribution < 1.29 is 45.7 Å². The summed E-state index contributed by atoms with van der Waals surface area (Å²) in [6.07, 6.45) is 6.74. The van der Waals surface area contributed by atoms with E-state index >= 15 is 0 Å². The van der Waals surface area contributed by atoms with Crippen LogP contribution in [0, 0.1) is 0 Å². The lowest BCUT2D eigenvalue weighted by Crippen LogP contribution is -2.11. The van der Waals surface area contributed by atoms with Crippen LogP contribution in [0.1, 0.15) is 18.1 Å². The zero-order chi connectivity index (χ0) is 30.7. The van der Waals surface area contributed by atoms with Crippen LogP contribution in [-0.2, 0) is 34.4 Å². The number of methoxy groups -OCH3 is 2. The number of carbonyl (C=O) groups is 2. The maximum absolute atomic E-state index is 11.4. The molecular formula is C24H28Cl2N2O10S2. The largest absolute Gasteiger partial charge is 0.495 e. The Morgan fingerprint density at radius 1 is 0.825 bits per heavy atom. The van der Waals surface area contributed by atoms with E-state index in [0.717, 1.165) is 18.6 Å². The molecule has 3 N–H and O–H groups in total. The molecule has 0 aliphatic heterocycles. The second kappa shape index (κ2) is 15.4. The summed E-state index contributed by atoms with van der Waals surface area (Å²) in [4.78, 5) is 21.8. The molecule has 0 aliphatic rings. The summed E-state index contributed by atoms with van der Waals surface area (Å²) in [5.74, 6) is -1.01. The van der Waals surface area contributed by atoms with E-state index < -0.39 is 32.0 Å². The molecule has 0 spiro atoms. The van der Waals surface area contributed by atoms with Crippen molar-refractivity contribution in [1.82, 2.24) is 0 Å². The van der Waals surface area contributed by atoms with E-state index in [-0.39, 0.29) is 28.0 Å². The Kier molecular flexibility index (Phi) is 13.3. The Balaban J connectivity index is 0.000000402. The van der Waals surface area contributed by atoms with Crippen LogP contribution < -0.4 is 18.9 Å². The second-order valence-corrected chi connectivity index (χ2v) is 12.0. The maximum atomic E-state index is 11.4.